The van der Waals surface area contributed by atoms with E-state index in [0.29, 0.717) is 67.7 Å². The molecule has 0 saturated heterocycles. The van der Waals surface area contributed by atoms with Crippen LogP contribution in [0.4, 0.5) is 0 Å². The SMILES string of the molecule is COc1ccc2cc1OCc1cn(nn1)CCCN(C(=O)c1cc(CC(C)C)nn1C)CCCCNC(=O)[C@H]([C@@H](C)O)NC(=O)[C@@H](CC(C)C)NC2=O. The van der Waals surface area contributed by atoms with Gasteiger partial charge in [0.2, 0.25) is 11.8 Å². The van der Waals surface area contributed by atoms with Gasteiger partial charge in [-0.15, -0.1) is 5.10 Å². The highest BCUT2D eigenvalue weighted by Crippen LogP contribution is 2.29. The normalized spacial score (nSPS) is 19.1. The number of benzene rings is 1. The molecule has 4 rings (SSSR count). The highest BCUT2D eigenvalue weighted by atomic mass is 16.5. The number of nitrogens with zero attached hydrogens (tertiary/aromatic N) is 6. The van der Waals surface area contributed by atoms with Gasteiger partial charge in [0, 0.05) is 38.8 Å². The van der Waals surface area contributed by atoms with Crippen molar-refractivity contribution in [3.63, 3.8) is 0 Å². The number of amides is 4. The number of aromatic nitrogens is 5. The summed E-state index contributed by atoms with van der Waals surface area (Å²) in [4.78, 5) is 55.8. The Balaban J connectivity index is 1.59. The Labute approximate surface area is 311 Å². The molecular weight excluding hydrogens is 682 g/mol. The van der Waals surface area contributed by atoms with Crippen LogP contribution < -0.4 is 25.4 Å². The van der Waals surface area contributed by atoms with Crippen molar-refractivity contribution in [1.82, 2.24) is 45.6 Å². The number of fused-ring (bicyclic) bond motifs is 4. The van der Waals surface area contributed by atoms with Gasteiger partial charge in [-0.3, -0.25) is 28.5 Å². The summed E-state index contributed by atoms with van der Waals surface area (Å²) in [6.45, 7) is 11.1. The van der Waals surface area contributed by atoms with Gasteiger partial charge in [-0.25, -0.2) is 0 Å². The molecule has 4 amide bonds. The van der Waals surface area contributed by atoms with E-state index in [4.69, 9.17) is 9.47 Å². The minimum atomic E-state index is -1.25. The van der Waals surface area contributed by atoms with Gasteiger partial charge in [0.25, 0.3) is 11.8 Å². The minimum Gasteiger partial charge on any atom is -0.493 e. The second kappa shape index (κ2) is 19.2. The summed E-state index contributed by atoms with van der Waals surface area (Å²) in [6, 6.07) is 4.29. The number of nitrogens with one attached hydrogen (secondary N) is 3. The quantitative estimate of drug-likeness (QED) is 0.279. The van der Waals surface area contributed by atoms with Gasteiger partial charge in [-0.1, -0.05) is 32.9 Å². The van der Waals surface area contributed by atoms with Crippen LogP contribution in [0.3, 0.4) is 0 Å². The summed E-state index contributed by atoms with van der Waals surface area (Å²) in [6.07, 6.45) is 3.34. The van der Waals surface area contributed by atoms with Gasteiger partial charge in [-0.2, -0.15) is 5.10 Å². The zero-order chi connectivity index (χ0) is 38.7. The second-order valence-electron chi connectivity index (χ2n) is 14.4. The standard InChI is InChI=1S/C37H55N9O7/c1-23(2)17-27-20-30(44(6)42-27)37(51)45-14-9-8-13-38-36(50)33(25(5)47)40-35(49)29(18-24(3)4)39-34(48)26-11-12-31(52-7)32(19-26)53-22-28-21-46(43-41-28)16-10-15-45/h11-12,19-21,23-25,29,33,47H,8-10,13-18,22H2,1-7H3,(H,38,50)(H,39,48)(H,40,49)/t25-,29-,33+/m1/s1. The first-order chi connectivity index (χ1) is 25.2. The Morgan fingerprint density at radius 1 is 1.00 bits per heavy atom. The molecule has 4 bridgehead atoms. The summed E-state index contributed by atoms with van der Waals surface area (Å²) in [7, 11) is 3.26. The number of carbonyl (C=O) groups excluding carboxylic acids is 4. The third kappa shape index (κ3) is 11.8. The van der Waals surface area contributed by atoms with E-state index in [-0.39, 0.29) is 37.0 Å². The van der Waals surface area contributed by atoms with Crippen molar-refractivity contribution in [3.8, 4) is 11.5 Å². The Bertz CT molecular complexity index is 1700. The number of rotatable bonds is 7. The number of hydrogen-bond acceptors (Lipinski definition) is 10. The van der Waals surface area contributed by atoms with Crippen LogP contribution in [0.15, 0.2) is 30.5 Å². The predicted molar refractivity (Wildman–Crippen MR) is 196 cm³/mol. The predicted octanol–water partition coefficient (Wildman–Crippen LogP) is 2.25. The Kier molecular flexibility index (Phi) is 14.8. The molecule has 1 aromatic carbocycles. The molecule has 0 fully saturated rings. The van der Waals surface area contributed by atoms with Crippen molar-refractivity contribution in [1.29, 1.82) is 0 Å². The van der Waals surface area contributed by atoms with Crippen LogP contribution in [0, 0.1) is 11.8 Å². The average molecular weight is 738 g/mol. The van der Waals surface area contributed by atoms with Crippen LogP contribution in [0.1, 0.15) is 92.5 Å². The lowest BCUT2D eigenvalue weighted by molar-refractivity contribution is -0.132. The van der Waals surface area contributed by atoms with Crippen molar-refractivity contribution in [2.45, 2.75) is 98.1 Å². The van der Waals surface area contributed by atoms with Crippen LogP contribution in [0.2, 0.25) is 0 Å². The van der Waals surface area contributed by atoms with Gasteiger partial charge in [0.1, 0.15) is 30.1 Å². The number of aliphatic hydroxyl groups excluding tert-OH is 1. The highest BCUT2D eigenvalue weighted by Gasteiger charge is 2.30. The largest absolute Gasteiger partial charge is 0.493 e. The van der Waals surface area contributed by atoms with E-state index in [9.17, 15) is 24.3 Å². The topological polar surface area (TPSA) is 195 Å². The first-order valence-corrected chi connectivity index (χ1v) is 18.3. The van der Waals surface area contributed by atoms with Crippen LogP contribution in [0.25, 0.3) is 0 Å². The fourth-order valence-corrected chi connectivity index (χ4v) is 6.09. The number of carbonyl (C=O) groups is 4. The molecule has 1 aliphatic heterocycles. The first-order valence-electron chi connectivity index (χ1n) is 18.3. The molecule has 0 unspecified atom stereocenters. The Hall–Kier alpha value is -4.99. The fourth-order valence-electron chi connectivity index (χ4n) is 6.09. The summed E-state index contributed by atoms with van der Waals surface area (Å²) in [5.74, 6) is -0.712. The molecule has 1 aliphatic rings. The zero-order valence-corrected chi connectivity index (χ0v) is 31.9. The van der Waals surface area contributed by atoms with Gasteiger partial charge in [0.05, 0.1) is 25.1 Å². The molecule has 0 spiro atoms. The molecule has 290 valence electrons. The summed E-state index contributed by atoms with van der Waals surface area (Å²) >= 11 is 0. The van der Waals surface area contributed by atoms with E-state index in [1.807, 2.05) is 19.9 Å². The van der Waals surface area contributed by atoms with Crippen molar-refractivity contribution in [3.05, 3.63) is 53.1 Å². The number of aliphatic hydroxyl groups is 1. The van der Waals surface area contributed by atoms with E-state index in [1.54, 1.807) is 39.6 Å². The van der Waals surface area contributed by atoms with E-state index in [1.165, 1.54) is 20.1 Å². The Morgan fingerprint density at radius 3 is 2.45 bits per heavy atom. The molecule has 4 N–H and O–H groups in total. The van der Waals surface area contributed by atoms with Crippen molar-refractivity contribution < 1.29 is 33.8 Å². The Morgan fingerprint density at radius 2 is 1.75 bits per heavy atom. The third-order valence-corrected chi connectivity index (χ3v) is 8.80. The maximum Gasteiger partial charge on any atom is 0.272 e. The molecule has 16 heteroatoms. The second-order valence-corrected chi connectivity index (χ2v) is 14.4. The van der Waals surface area contributed by atoms with Gasteiger partial charge in [0.15, 0.2) is 11.5 Å². The first kappa shape index (κ1) is 40.8. The maximum atomic E-state index is 13.8. The molecule has 3 atom stereocenters. The molecule has 3 heterocycles. The summed E-state index contributed by atoms with van der Waals surface area (Å²) < 4.78 is 14.8. The molecule has 53 heavy (non-hydrogen) atoms. The molecular formula is C37H55N9O7. The molecule has 0 aliphatic carbocycles. The molecule has 2 aromatic heterocycles. The molecule has 16 nitrogen and oxygen atoms in total. The van der Waals surface area contributed by atoms with E-state index in [0.717, 1.165) is 12.1 Å². The number of aryl methyl sites for hydroxylation is 2. The number of methoxy groups -OCH3 is 1. The maximum absolute atomic E-state index is 13.8. The van der Waals surface area contributed by atoms with E-state index >= 15 is 0 Å². The highest BCUT2D eigenvalue weighted by molar-refractivity contribution is 5.99. The van der Waals surface area contributed by atoms with Crippen LogP contribution in [-0.2, 0) is 36.2 Å². The summed E-state index contributed by atoms with van der Waals surface area (Å²) in [5, 5.41) is 31.8. The molecule has 0 saturated carbocycles. The van der Waals surface area contributed by atoms with Crippen LogP contribution in [-0.4, -0.2) is 103 Å². The van der Waals surface area contributed by atoms with Gasteiger partial charge >= 0.3 is 0 Å². The molecule has 3 aromatic rings. The lowest BCUT2D eigenvalue weighted by Gasteiger charge is -2.26. The van der Waals surface area contributed by atoms with Crippen molar-refractivity contribution in [2.24, 2.45) is 18.9 Å². The smallest absolute Gasteiger partial charge is 0.272 e. The number of ether oxygens (including phenoxy) is 2. The van der Waals surface area contributed by atoms with Gasteiger partial charge < -0.3 is 35.4 Å². The van der Waals surface area contributed by atoms with Crippen molar-refractivity contribution in [2.75, 3.05) is 26.7 Å². The lowest BCUT2D eigenvalue weighted by atomic mass is 10.0. The van der Waals surface area contributed by atoms with Gasteiger partial charge in [-0.05, 0) is 75.1 Å². The van der Waals surface area contributed by atoms with Crippen molar-refractivity contribution >= 4 is 23.6 Å². The van der Waals surface area contributed by atoms with E-state index < -0.39 is 35.9 Å². The minimum absolute atomic E-state index is 0.0197. The average Bonchev–Trinajstić information content (AvgIpc) is 3.71. The summed E-state index contributed by atoms with van der Waals surface area (Å²) in [5.41, 5.74) is 2.15. The van der Waals surface area contributed by atoms with E-state index in [2.05, 4.69) is 45.2 Å². The van der Waals surface area contributed by atoms with Crippen LogP contribution in [0.5, 0.6) is 11.5 Å². The third-order valence-electron chi connectivity index (χ3n) is 8.80. The molecule has 0 radical (unpaired) electrons. The monoisotopic (exact) mass is 737 g/mol. The van der Waals surface area contributed by atoms with Crippen LogP contribution >= 0.6 is 0 Å². The zero-order valence-electron chi connectivity index (χ0n) is 31.9. The fraction of sp³-hybridized carbons (Fsp3) is 0.595. The number of hydrogen-bond donors (Lipinski definition) is 4. The lowest BCUT2D eigenvalue weighted by Crippen LogP contribution is -2.57.